The smallest absolute Gasteiger partial charge is 0.243 e. The van der Waals surface area contributed by atoms with Gasteiger partial charge in [-0.1, -0.05) is 6.58 Å². The van der Waals surface area contributed by atoms with Crippen LogP contribution in [0.2, 0.25) is 0 Å². The fourth-order valence-electron chi connectivity index (χ4n) is 3.16. The number of nitrogens with one attached hydrogen (secondary N) is 1. The van der Waals surface area contributed by atoms with E-state index in [1.807, 2.05) is 19.3 Å². The third-order valence-electron chi connectivity index (χ3n) is 4.55. The Morgan fingerprint density at radius 1 is 1.24 bits per heavy atom. The van der Waals surface area contributed by atoms with Crippen molar-refractivity contribution in [1.29, 1.82) is 0 Å². The highest BCUT2D eigenvalue weighted by Gasteiger charge is 2.18. The van der Waals surface area contributed by atoms with Gasteiger partial charge in [0.25, 0.3) is 0 Å². The van der Waals surface area contributed by atoms with Crippen LogP contribution in [0.3, 0.4) is 0 Å². The van der Waals surface area contributed by atoms with Crippen molar-refractivity contribution in [2.24, 2.45) is 7.05 Å². The third kappa shape index (κ3) is 3.43. The molecule has 0 saturated heterocycles. The number of hydrogen-bond donors (Lipinski definition) is 1. The van der Waals surface area contributed by atoms with Crippen molar-refractivity contribution in [2.45, 2.75) is 6.54 Å². The summed E-state index contributed by atoms with van der Waals surface area (Å²) in [7, 11) is 1.85. The molecule has 8 nitrogen and oxygen atoms in total. The molecule has 29 heavy (non-hydrogen) atoms. The fraction of sp³-hybridized carbons (Fsp3) is 0.0952. The molecule has 3 heterocycles. The summed E-state index contributed by atoms with van der Waals surface area (Å²) in [4.78, 5) is 27.2. The van der Waals surface area contributed by atoms with Crippen molar-refractivity contribution in [3.8, 4) is 16.8 Å². The van der Waals surface area contributed by atoms with E-state index in [-0.39, 0.29) is 12.5 Å². The largest absolute Gasteiger partial charge is 0.347 e. The maximum atomic E-state index is 11.7. The van der Waals surface area contributed by atoms with Gasteiger partial charge in [0, 0.05) is 30.6 Å². The normalized spacial score (nSPS) is 10.8. The molecule has 0 spiro atoms. The number of pyridine rings is 1. The molecule has 0 aliphatic carbocycles. The summed E-state index contributed by atoms with van der Waals surface area (Å²) in [6, 6.07) is 8.96. The zero-order valence-electron chi connectivity index (χ0n) is 15.7. The van der Waals surface area contributed by atoms with Crippen molar-refractivity contribution >= 4 is 23.2 Å². The summed E-state index contributed by atoms with van der Waals surface area (Å²) in [6.45, 7) is 3.70. The van der Waals surface area contributed by atoms with Gasteiger partial charge >= 0.3 is 0 Å². The molecule has 0 aliphatic heterocycles. The van der Waals surface area contributed by atoms with Gasteiger partial charge in [-0.15, -0.1) is 0 Å². The first-order valence-corrected chi connectivity index (χ1v) is 8.92. The number of aryl methyl sites for hydroxylation is 1. The highest BCUT2D eigenvalue weighted by Crippen LogP contribution is 2.31. The molecule has 144 valence electrons. The number of rotatable bonds is 6. The molecule has 0 bridgehead atoms. The molecule has 0 saturated carbocycles. The Morgan fingerprint density at radius 2 is 2.03 bits per heavy atom. The highest BCUT2D eigenvalue weighted by molar-refractivity contribution is 5.95. The number of aldehydes is 1. The predicted molar refractivity (Wildman–Crippen MR) is 108 cm³/mol. The lowest BCUT2D eigenvalue weighted by atomic mass is 10.1. The van der Waals surface area contributed by atoms with E-state index < -0.39 is 0 Å². The second-order valence-corrected chi connectivity index (χ2v) is 6.45. The summed E-state index contributed by atoms with van der Waals surface area (Å²) < 4.78 is 3.43. The zero-order chi connectivity index (χ0) is 20.4. The van der Waals surface area contributed by atoms with Crippen LogP contribution in [0.4, 0.5) is 0 Å². The van der Waals surface area contributed by atoms with Gasteiger partial charge in [-0.05, 0) is 42.0 Å². The van der Waals surface area contributed by atoms with Crippen LogP contribution in [0.25, 0.3) is 27.8 Å². The minimum absolute atomic E-state index is 0.222. The molecule has 0 fully saturated rings. The van der Waals surface area contributed by atoms with Crippen molar-refractivity contribution in [1.82, 2.24) is 29.9 Å². The van der Waals surface area contributed by atoms with Gasteiger partial charge in [-0.25, -0.2) is 9.67 Å². The Morgan fingerprint density at radius 3 is 2.69 bits per heavy atom. The molecule has 3 aromatic heterocycles. The lowest BCUT2D eigenvalue weighted by Gasteiger charge is -2.04. The predicted octanol–water partition coefficient (Wildman–Crippen LogP) is 2.44. The molecule has 4 rings (SSSR count). The second-order valence-electron chi connectivity index (χ2n) is 6.45. The molecule has 1 N–H and O–H groups in total. The summed E-state index contributed by atoms with van der Waals surface area (Å²) in [5.74, 6) is -0.283. The number of benzene rings is 1. The number of carbonyl (C=O) groups excluding carboxylic acids is 2. The quantitative estimate of drug-likeness (QED) is 0.406. The van der Waals surface area contributed by atoms with Crippen molar-refractivity contribution in [2.75, 3.05) is 0 Å². The van der Waals surface area contributed by atoms with Crippen LogP contribution in [-0.4, -0.2) is 36.7 Å². The number of nitrogens with zero attached hydrogens (tertiary/aromatic N) is 5. The maximum absolute atomic E-state index is 11.7. The Labute approximate surface area is 166 Å². The number of carbonyl (C=O) groups is 2. The second kappa shape index (κ2) is 7.51. The first-order valence-electron chi connectivity index (χ1n) is 8.92. The van der Waals surface area contributed by atoms with E-state index in [2.05, 4.69) is 22.0 Å². The number of fused-ring (bicyclic) bond motifs is 1. The van der Waals surface area contributed by atoms with Gasteiger partial charge < -0.3 is 5.32 Å². The van der Waals surface area contributed by atoms with Crippen LogP contribution in [0, 0.1) is 0 Å². The minimum Gasteiger partial charge on any atom is -0.347 e. The van der Waals surface area contributed by atoms with E-state index in [1.54, 1.807) is 46.0 Å². The minimum atomic E-state index is -0.283. The van der Waals surface area contributed by atoms with Crippen LogP contribution in [-0.2, 0) is 18.4 Å². The number of hydrogen-bond acceptors (Lipinski definition) is 5. The third-order valence-corrected chi connectivity index (χ3v) is 4.55. The van der Waals surface area contributed by atoms with Gasteiger partial charge in [0.1, 0.15) is 6.29 Å². The fourth-order valence-corrected chi connectivity index (χ4v) is 3.16. The Kier molecular flexibility index (Phi) is 4.74. The van der Waals surface area contributed by atoms with Crippen LogP contribution in [0.15, 0.2) is 61.6 Å². The lowest BCUT2D eigenvalue weighted by Crippen LogP contribution is -2.20. The van der Waals surface area contributed by atoms with Gasteiger partial charge in [-0.2, -0.15) is 10.2 Å². The van der Waals surface area contributed by atoms with Crippen molar-refractivity contribution in [3.63, 3.8) is 0 Å². The summed E-state index contributed by atoms with van der Waals surface area (Å²) >= 11 is 0. The van der Waals surface area contributed by atoms with Gasteiger partial charge in [0.2, 0.25) is 5.91 Å². The average molecular weight is 386 g/mol. The van der Waals surface area contributed by atoms with E-state index >= 15 is 0 Å². The molecular weight excluding hydrogens is 368 g/mol. The molecule has 0 aliphatic rings. The summed E-state index contributed by atoms with van der Waals surface area (Å²) in [6.07, 6.45) is 7.42. The van der Waals surface area contributed by atoms with Gasteiger partial charge in [-0.3, -0.25) is 14.3 Å². The molecule has 0 radical (unpaired) electrons. The first-order chi connectivity index (χ1) is 14.1. The van der Waals surface area contributed by atoms with E-state index in [0.717, 1.165) is 28.5 Å². The SMILES string of the molecule is C=CC(=O)NCc1nn(-c2ccc(C=O)cc2)c2nccc(-c3cnn(C)c3)c12. The van der Waals surface area contributed by atoms with Gasteiger partial charge in [0.15, 0.2) is 5.65 Å². The van der Waals surface area contributed by atoms with Crippen LogP contribution in [0.5, 0.6) is 0 Å². The van der Waals surface area contributed by atoms with Crippen molar-refractivity contribution < 1.29 is 9.59 Å². The van der Waals surface area contributed by atoms with Crippen LogP contribution < -0.4 is 5.32 Å². The molecule has 8 heteroatoms. The van der Waals surface area contributed by atoms with E-state index in [1.165, 1.54) is 6.08 Å². The standard InChI is InChI=1S/C21H18N6O2/c1-3-19(29)23-11-18-20-17(15-10-24-26(2)12-15)8-9-22-21(20)27(25-18)16-6-4-14(13-28)5-7-16/h3-10,12-13H,1,11H2,2H3,(H,23,29). The van der Waals surface area contributed by atoms with Crippen LogP contribution >= 0.6 is 0 Å². The van der Waals surface area contributed by atoms with E-state index in [0.29, 0.717) is 16.9 Å². The molecule has 1 aromatic carbocycles. The molecule has 0 unspecified atom stereocenters. The molecule has 1 amide bonds. The molecule has 0 atom stereocenters. The van der Waals surface area contributed by atoms with Gasteiger partial charge in [0.05, 0.1) is 29.5 Å². The Balaban J connectivity index is 1.91. The Bertz CT molecular complexity index is 1220. The van der Waals surface area contributed by atoms with Crippen molar-refractivity contribution in [3.05, 3.63) is 72.8 Å². The zero-order valence-corrected chi connectivity index (χ0v) is 15.7. The van der Waals surface area contributed by atoms with E-state index in [4.69, 9.17) is 5.10 Å². The number of amides is 1. The summed E-state index contributed by atoms with van der Waals surface area (Å²) in [5.41, 5.74) is 4.49. The maximum Gasteiger partial charge on any atom is 0.243 e. The lowest BCUT2D eigenvalue weighted by molar-refractivity contribution is -0.116. The Hall–Kier alpha value is -4.07. The topological polar surface area (TPSA) is 94.7 Å². The monoisotopic (exact) mass is 386 g/mol. The average Bonchev–Trinajstić information content (AvgIpc) is 3.35. The summed E-state index contributed by atoms with van der Waals surface area (Å²) in [5, 5.41) is 12.6. The van der Waals surface area contributed by atoms with Crippen LogP contribution in [0.1, 0.15) is 16.1 Å². The molecular formula is C21H18N6O2. The number of aromatic nitrogens is 5. The first kappa shape index (κ1) is 18.3. The molecule has 4 aromatic rings. The highest BCUT2D eigenvalue weighted by atomic mass is 16.1. The van der Waals surface area contributed by atoms with E-state index in [9.17, 15) is 9.59 Å².